The summed E-state index contributed by atoms with van der Waals surface area (Å²) in [6, 6.07) is -0.813. The zero-order valence-electron chi connectivity index (χ0n) is 11.4. The lowest BCUT2D eigenvalue weighted by Gasteiger charge is -2.35. The number of imide groups is 2. The van der Waals surface area contributed by atoms with Gasteiger partial charge in [0, 0.05) is 26.2 Å². The topological polar surface area (TPSA) is 104 Å². The van der Waals surface area contributed by atoms with Crippen LogP contribution < -0.4 is 5.73 Å². The zero-order valence-corrected chi connectivity index (χ0v) is 11.4. The SMILES string of the molecule is CN1C(=O)C(=O)N(CC(=O)N2CCCCC2CN)C1=O. The fourth-order valence-corrected chi connectivity index (χ4v) is 2.55. The Morgan fingerprint density at radius 3 is 2.50 bits per heavy atom. The maximum absolute atomic E-state index is 12.2. The Morgan fingerprint density at radius 1 is 1.25 bits per heavy atom. The molecule has 0 aromatic carbocycles. The van der Waals surface area contributed by atoms with Crippen LogP contribution >= 0.6 is 0 Å². The summed E-state index contributed by atoms with van der Waals surface area (Å²) < 4.78 is 0. The van der Waals surface area contributed by atoms with Gasteiger partial charge in [-0.05, 0) is 19.3 Å². The smallest absolute Gasteiger partial charge is 0.334 e. The predicted octanol–water partition coefficient (Wildman–Crippen LogP) is -1.25. The van der Waals surface area contributed by atoms with Gasteiger partial charge < -0.3 is 10.6 Å². The Morgan fingerprint density at radius 2 is 1.95 bits per heavy atom. The van der Waals surface area contributed by atoms with E-state index in [-0.39, 0.29) is 11.9 Å². The molecule has 0 aromatic rings. The summed E-state index contributed by atoms with van der Waals surface area (Å²) in [4.78, 5) is 49.9. The highest BCUT2D eigenvalue weighted by Crippen LogP contribution is 2.17. The quantitative estimate of drug-likeness (QED) is 0.514. The van der Waals surface area contributed by atoms with Crippen molar-refractivity contribution in [2.24, 2.45) is 5.73 Å². The van der Waals surface area contributed by atoms with Crippen LogP contribution in [0.4, 0.5) is 4.79 Å². The summed E-state index contributed by atoms with van der Waals surface area (Å²) in [6.45, 7) is 0.525. The van der Waals surface area contributed by atoms with Gasteiger partial charge in [0.2, 0.25) is 5.91 Å². The average Bonchev–Trinajstić information content (AvgIpc) is 2.65. The van der Waals surface area contributed by atoms with E-state index in [4.69, 9.17) is 5.73 Å². The molecule has 2 aliphatic heterocycles. The van der Waals surface area contributed by atoms with Crippen LogP contribution in [0.3, 0.4) is 0 Å². The van der Waals surface area contributed by atoms with Crippen molar-refractivity contribution in [1.29, 1.82) is 0 Å². The van der Waals surface area contributed by atoms with Crippen LogP contribution in [0.25, 0.3) is 0 Å². The van der Waals surface area contributed by atoms with Crippen molar-refractivity contribution in [2.75, 3.05) is 26.7 Å². The molecule has 1 unspecified atom stereocenters. The van der Waals surface area contributed by atoms with Crippen LogP contribution in [0.5, 0.6) is 0 Å². The Labute approximate surface area is 116 Å². The van der Waals surface area contributed by atoms with Crippen LogP contribution in [0, 0.1) is 0 Å². The van der Waals surface area contributed by atoms with Crippen molar-refractivity contribution in [3.8, 4) is 0 Å². The number of carbonyl (C=O) groups excluding carboxylic acids is 4. The number of likely N-dealkylation sites (tertiary alicyclic amines) is 1. The van der Waals surface area contributed by atoms with E-state index in [2.05, 4.69) is 0 Å². The molecule has 0 radical (unpaired) electrons. The van der Waals surface area contributed by atoms with Gasteiger partial charge in [-0.3, -0.25) is 19.3 Å². The number of piperidine rings is 1. The van der Waals surface area contributed by atoms with Gasteiger partial charge in [-0.1, -0.05) is 0 Å². The predicted molar refractivity (Wildman–Crippen MR) is 68.3 cm³/mol. The third-order valence-electron chi connectivity index (χ3n) is 3.76. The fraction of sp³-hybridized carbons (Fsp3) is 0.667. The summed E-state index contributed by atoms with van der Waals surface area (Å²) in [7, 11) is 1.22. The van der Waals surface area contributed by atoms with E-state index in [1.54, 1.807) is 4.90 Å². The van der Waals surface area contributed by atoms with Crippen molar-refractivity contribution >= 4 is 23.8 Å². The highest BCUT2D eigenvalue weighted by atomic mass is 16.2. The first-order valence-corrected chi connectivity index (χ1v) is 6.60. The van der Waals surface area contributed by atoms with E-state index in [1.165, 1.54) is 7.05 Å². The van der Waals surface area contributed by atoms with E-state index in [1.807, 2.05) is 0 Å². The number of likely N-dealkylation sites (N-methyl/N-ethyl adjacent to an activating group) is 1. The molecule has 0 aliphatic carbocycles. The minimum Gasteiger partial charge on any atom is -0.337 e. The average molecular weight is 282 g/mol. The largest absolute Gasteiger partial charge is 0.337 e. The van der Waals surface area contributed by atoms with Crippen LogP contribution in [0.1, 0.15) is 19.3 Å². The number of nitrogens with two attached hydrogens (primary N) is 1. The normalized spacial score (nSPS) is 23.8. The van der Waals surface area contributed by atoms with E-state index >= 15 is 0 Å². The molecule has 0 aromatic heterocycles. The van der Waals surface area contributed by atoms with Gasteiger partial charge in [0.05, 0.1) is 0 Å². The fourth-order valence-electron chi connectivity index (χ4n) is 2.55. The first-order chi connectivity index (χ1) is 9.47. The maximum Gasteiger partial charge on any atom is 0.334 e. The second-order valence-electron chi connectivity index (χ2n) is 5.01. The molecule has 2 N–H and O–H groups in total. The van der Waals surface area contributed by atoms with Gasteiger partial charge in [0.1, 0.15) is 6.54 Å². The number of carbonyl (C=O) groups is 4. The summed E-state index contributed by atoms with van der Waals surface area (Å²) in [5, 5.41) is 0. The molecule has 110 valence electrons. The molecular formula is C12H18N4O4. The van der Waals surface area contributed by atoms with Crippen LogP contribution in [-0.2, 0) is 14.4 Å². The lowest BCUT2D eigenvalue weighted by atomic mass is 10.0. The number of rotatable bonds is 3. The van der Waals surface area contributed by atoms with E-state index in [9.17, 15) is 19.2 Å². The minimum absolute atomic E-state index is 0.0579. The molecule has 1 atom stereocenters. The van der Waals surface area contributed by atoms with Crippen LogP contribution in [0.15, 0.2) is 0 Å². The first kappa shape index (κ1) is 14.4. The standard InChI is InChI=1S/C12H18N4O4/c1-14-10(18)11(19)16(12(14)20)7-9(17)15-5-3-2-4-8(15)6-13/h8H,2-7,13H2,1H3. The molecule has 8 heteroatoms. The van der Waals surface area contributed by atoms with Gasteiger partial charge in [0.15, 0.2) is 0 Å². The monoisotopic (exact) mass is 282 g/mol. The Bertz CT molecular complexity index is 464. The Hall–Kier alpha value is -1.96. The van der Waals surface area contributed by atoms with Crippen molar-refractivity contribution in [2.45, 2.75) is 25.3 Å². The highest BCUT2D eigenvalue weighted by molar-refractivity contribution is 6.44. The lowest BCUT2D eigenvalue weighted by Crippen LogP contribution is -2.51. The molecule has 2 rings (SSSR count). The molecule has 0 saturated carbocycles. The van der Waals surface area contributed by atoms with Gasteiger partial charge in [-0.15, -0.1) is 0 Å². The van der Waals surface area contributed by atoms with Crippen molar-refractivity contribution in [3.05, 3.63) is 0 Å². The van der Waals surface area contributed by atoms with Crippen LogP contribution in [-0.4, -0.2) is 71.2 Å². The second-order valence-corrected chi connectivity index (χ2v) is 5.01. The summed E-state index contributed by atoms with van der Waals surface area (Å²) in [5.41, 5.74) is 5.63. The number of urea groups is 1. The third-order valence-corrected chi connectivity index (χ3v) is 3.76. The molecular weight excluding hydrogens is 264 g/mol. The minimum atomic E-state index is -0.952. The van der Waals surface area contributed by atoms with Crippen molar-refractivity contribution in [1.82, 2.24) is 14.7 Å². The zero-order chi connectivity index (χ0) is 14.9. The third kappa shape index (κ3) is 2.38. The van der Waals surface area contributed by atoms with E-state index < -0.39 is 24.4 Å². The van der Waals surface area contributed by atoms with E-state index in [0.29, 0.717) is 22.9 Å². The van der Waals surface area contributed by atoms with Gasteiger partial charge in [-0.2, -0.15) is 0 Å². The molecule has 2 saturated heterocycles. The van der Waals surface area contributed by atoms with Crippen molar-refractivity contribution in [3.63, 3.8) is 0 Å². The summed E-state index contributed by atoms with van der Waals surface area (Å²) in [6.07, 6.45) is 2.71. The second kappa shape index (κ2) is 5.58. The Kier molecular flexibility index (Phi) is 4.03. The van der Waals surface area contributed by atoms with Crippen LogP contribution in [0.2, 0.25) is 0 Å². The number of amides is 5. The van der Waals surface area contributed by atoms with E-state index in [0.717, 1.165) is 19.3 Å². The summed E-state index contributed by atoms with van der Waals surface area (Å²) in [5.74, 6) is -2.20. The molecule has 2 fully saturated rings. The maximum atomic E-state index is 12.2. The molecule has 5 amide bonds. The molecule has 8 nitrogen and oxygen atoms in total. The molecule has 20 heavy (non-hydrogen) atoms. The lowest BCUT2D eigenvalue weighted by molar-refractivity contribution is -0.145. The molecule has 2 heterocycles. The first-order valence-electron chi connectivity index (χ1n) is 6.60. The summed E-state index contributed by atoms with van der Waals surface area (Å²) >= 11 is 0. The Balaban J connectivity index is 2.06. The van der Waals surface area contributed by atoms with Gasteiger partial charge in [-0.25, -0.2) is 9.69 Å². The molecule has 0 spiro atoms. The van der Waals surface area contributed by atoms with Crippen molar-refractivity contribution < 1.29 is 19.2 Å². The van der Waals surface area contributed by atoms with Gasteiger partial charge in [0.25, 0.3) is 0 Å². The number of nitrogens with zero attached hydrogens (tertiary/aromatic N) is 3. The number of hydrogen-bond acceptors (Lipinski definition) is 5. The highest BCUT2D eigenvalue weighted by Gasteiger charge is 2.43. The molecule has 0 bridgehead atoms. The molecule has 2 aliphatic rings. The number of hydrogen-bond donors (Lipinski definition) is 1. The van der Waals surface area contributed by atoms with Gasteiger partial charge >= 0.3 is 17.8 Å².